The van der Waals surface area contributed by atoms with Gasteiger partial charge in [0, 0.05) is 42.2 Å². The molecule has 7 heteroatoms. The van der Waals surface area contributed by atoms with Gasteiger partial charge in [-0.1, -0.05) is 0 Å². The second kappa shape index (κ2) is 9.27. The highest BCUT2D eigenvalue weighted by Gasteiger charge is 2.52. The second-order valence-corrected chi connectivity index (χ2v) is 11.4. The Hall–Kier alpha value is -2.77. The standard InChI is InChI=1S/C29H38N4O3/c1-19-5-6-26(35-19)25-12-23(30-16-20-7-9-32(2)10-8-20)22-11-27(34-4)28(13-24(22)31-25)36-21-14-29(15-21)17-33(3)18-29/h5-6,11-13,20-21H,7-10,14-18H2,1-4H3,(H,30,31). The third kappa shape index (κ3) is 4.55. The minimum absolute atomic E-state index is 0.239. The summed E-state index contributed by atoms with van der Waals surface area (Å²) in [6, 6.07) is 10.2. The van der Waals surface area contributed by atoms with Gasteiger partial charge in [0.25, 0.3) is 0 Å². The van der Waals surface area contributed by atoms with Crippen molar-refractivity contribution >= 4 is 16.6 Å². The number of nitrogens with one attached hydrogen (secondary N) is 1. The van der Waals surface area contributed by atoms with E-state index in [1.165, 1.54) is 25.9 Å². The summed E-state index contributed by atoms with van der Waals surface area (Å²) in [6.45, 7) is 7.60. The number of aryl methyl sites for hydroxylation is 1. The van der Waals surface area contributed by atoms with Gasteiger partial charge in [0.05, 0.1) is 12.6 Å². The van der Waals surface area contributed by atoms with E-state index in [2.05, 4.69) is 41.3 Å². The average Bonchev–Trinajstić information content (AvgIpc) is 3.27. The molecule has 7 nitrogen and oxygen atoms in total. The summed E-state index contributed by atoms with van der Waals surface area (Å²) >= 11 is 0. The fourth-order valence-electron chi connectivity index (χ4n) is 6.38. The van der Waals surface area contributed by atoms with Gasteiger partial charge in [-0.3, -0.25) is 0 Å². The normalized spacial score (nSPS) is 20.9. The van der Waals surface area contributed by atoms with Gasteiger partial charge in [0.2, 0.25) is 0 Å². The molecule has 0 amide bonds. The molecule has 2 saturated heterocycles. The summed E-state index contributed by atoms with van der Waals surface area (Å²) in [7, 11) is 6.11. The van der Waals surface area contributed by atoms with Crippen LogP contribution in [-0.4, -0.2) is 74.8 Å². The van der Waals surface area contributed by atoms with Gasteiger partial charge in [0.15, 0.2) is 17.3 Å². The molecule has 3 aromatic rings. The number of piperidine rings is 1. The largest absolute Gasteiger partial charge is 0.493 e. The molecule has 2 aliphatic heterocycles. The van der Waals surface area contributed by atoms with E-state index in [9.17, 15) is 0 Å². The number of fused-ring (bicyclic) bond motifs is 1. The molecule has 4 heterocycles. The van der Waals surface area contributed by atoms with Crippen molar-refractivity contribution in [3.63, 3.8) is 0 Å². The summed E-state index contributed by atoms with van der Waals surface area (Å²) in [5.74, 6) is 3.87. The first kappa shape index (κ1) is 23.6. The molecule has 3 fully saturated rings. The molecule has 0 atom stereocenters. The lowest BCUT2D eigenvalue weighted by Gasteiger charge is -2.57. The molecule has 192 valence electrons. The molecule has 1 aromatic carbocycles. The monoisotopic (exact) mass is 490 g/mol. The molecule has 1 aliphatic carbocycles. The number of aromatic nitrogens is 1. The highest BCUT2D eigenvalue weighted by atomic mass is 16.5. The van der Waals surface area contributed by atoms with Crippen LogP contribution in [0.3, 0.4) is 0 Å². The van der Waals surface area contributed by atoms with Gasteiger partial charge in [-0.25, -0.2) is 4.98 Å². The van der Waals surface area contributed by atoms with E-state index in [4.69, 9.17) is 18.9 Å². The van der Waals surface area contributed by atoms with Gasteiger partial charge in [-0.2, -0.15) is 0 Å². The first-order chi connectivity index (χ1) is 17.4. The van der Waals surface area contributed by atoms with Crippen LogP contribution in [0.1, 0.15) is 31.4 Å². The van der Waals surface area contributed by atoms with E-state index in [-0.39, 0.29) is 6.10 Å². The predicted molar refractivity (Wildman–Crippen MR) is 143 cm³/mol. The number of benzene rings is 1. The molecule has 0 bridgehead atoms. The lowest BCUT2D eigenvalue weighted by Crippen LogP contribution is -2.63. The average molecular weight is 491 g/mol. The summed E-state index contributed by atoms with van der Waals surface area (Å²) in [5.41, 5.74) is 3.25. The Bertz CT molecular complexity index is 1230. The summed E-state index contributed by atoms with van der Waals surface area (Å²) < 4.78 is 18.2. The van der Waals surface area contributed by atoms with Crippen LogP contribution in [0.15, 0.2) is 34.7 Å². The quantitative estimate of drug-likeness (QED) is 0.498. The number of rotatable bonds is 7. The summed E-state index contributed by atoms with van der Waals surface area (Å²) in [6.07, 6.45) is 4.90. The maximum atomic E-state index is 6.47. The van der Waals surface area contributed by atoms with Gasteiger partial charge in [-0.05, 0) is 90.0 Å². The lowest BCUT2D eigenvalue weighted by molar-refractivity contribution is -0.109. The maximum absolute atomic E-state index is 6.47. The van der Waals surface area contributed by atoms with E-state index in [1.807, 2.05) is 25.1 Å². The van der Waals surface area contributed by atoms with E-state index < -0.39 is 0 Å². The topological polar surface area (TPSA) is 63.0 Å². The van der Waals surface area contributed by atoms with Crippen molar-refractivity contribution in [3.8, 4) is 23.0 Å². The number of anilines is 1. The first-order valence-corrected chi connectivity index (χ1v) is 13.3. The number of hydrogen-bond donors (Lipinski definition) is 1. The van der Waals surface area contributed by atoms with Crippen LogP contribution in [-0.2, 0) is 0 Å². The molecular formula is C29H38N4O3. The Kier molecular flexibility index (Phi) is 6.08. The van der Waals surface area contributed by atoms with Gasteiger partial charge >= 0.3 is 0 Å². The molecule has 1 N–H and O–H groups in total. The first-order valence-electron chi connectivity index (χ1n) is 13.3. The van der Waals surface area contributed by atoms with Crippen molar-refractivity contribution < 1.29 is 13.9 Å². The molecule has 0 unspecified atom stereocenters. The number of hydrogen-bond acceptors (Lipinski definition) is 7. The SMILES string of the molecule is COc1cc2c(NCC3CCN(C)CC3)cc(-c3ccc(C)o3)nc2cc1OC1CC2(C1)CN(C)C2. The fourth-order valence-corrected chi connectivity index (χ4v) is 6.38. The zero-order chi connectivity index (χ0) is 24.9. The number of likely N-dealkylation sites (tertiary alicyclic amines) is 2. The van der Waals surface area contributed by atoms with Crippen LogP contribution in [0, 0.1) is 18.3 Å². The Balaban J connectivity index is 1.30. The van der Waals surface area contributed by atoms with Crippen molar-refractivity contribution in [2.45, 2.75) is 38.7 Å². The second-order valence-electron chi connectivity index (χ2n) is 11.4. The smallest absolute Gasteiger partial charge is 0.163 e. The van der Waals surface area contributed by atoms with Crippen LogP contribution in [0.4, 0.5) is 5.69 Å². The highest BCUT2D eigenvalue weighted by Crippen LogP contribution is 2.50. The Morgan fingerprint density at radius 3 is 2.50 bits per heavy atom. The Morgan fingerprint density at radius 2 is 1.83 bits per heavy atom. The molecule has 3 aliphatic rings. The Labute approximate surface area is 213 Å². The Morgan fingerprint density at radius 1 is 1.06 bits per heavy atom. The van der Waals surface area contributed by atoms with E-state index >= 15 is 0 Å². The summed E-state index contributed by atoms with van der Waals surface area (Å²) in [4.78, 5) is 9.79. The van der Waals surface area contributed by atoms with Crippen molar-refractivity contribution in [2.24, 2.45) is 11.3 Å². The molecular weight excluding hydrogens is 452 g/mol. The molecule has 1 saturated carbocycles. The third-order valence-corrected chi connectivity index (χ3v) is 8.33. The zero-order valence-corrected chi connectivity index (χ0v) is 22.0. The predicted octanol–water partition coefficient (Wildman–Crippen LogP) is 5.04. The van der Waals surface area contributed by atoms with Crippen LogP contribution in [0.25, 0.3) is 22.4 Å². The molecule has 2 aromatic heterocycles. The van der Waals surface area contributed by atoms with Crippen LogP contribution >= 0.6 is 0 Å². The number of nitrogens with zero attached hydrogens (tertiary/aromatic N) is 3. The van der Waals surface area contributed by atoms with Crippen molar-refractivity contribution in [1.29, 1.82) is 0 Å². The molecule has 0 radical (unpaired) electrons. The van der Waals surface area contributed by atoms with Crippen LogP contribution < -0.4 is 14.8 Å². The molecule has 1 spiro atoms. The van der Waals surface area contributed by atoms with E-state index in [0.717, 1.165) is 77.8 Å². The highest BCUT2D eigenvalue weighted by molar-refractivity contribution is 5.95. The van der Waals surface area contributed by atoms with Crippen molar-refractivity contribution in [1.82, 2.24) is 14.8 Å². The number of furan rings is 1. The van der Waals surface area contributed by atoms with Crippen LogP contribution in [0.2, 0.25) is 0 Å². The molecule has 36 heavy (non-hydrogen) atoms. The minimum Gasteiger partial charge on any atom is -0.493 e. The van der Waals surface area contributed by atoms with Crippen molar-refractivity contribution in [3.05, 3.63) is 36.1 Å². The number of ether oxygens (including phenoxy) is 2. The summed E-state index contributed by atoms with van der Waals surface area (Å²) in [5, 5.41) is 4.80. The number of methoxy groups -OCH3 is 1. The molecule has 6 rings (SSSR count). The van der Waals surface area contributed by atoms with Crippen LogP contribution in [0.5, 0.6) is 11.5 Å². The number of pyridine rings is 1. The van der Waals surface area contributed by atoms with E-state index in [1.54, 1.807) is 7.11 Å². The van der Waals surface area contributed by atoms with Crippen molar-refractivity contribution in [2.75, 3.05) is 59.2 Å². The third-order valence-electron chi connectivity index (χ3n) is 8.33. The van der Waals surface area contributed by atoms with Gasteiger partial charge < -0.3 is 29.0 Å². The zero-order valence-electron chi connectivity index (χ0n) is 22.0. The minimum atomic E-state index is 0.239. The van der Waals surface area contributed by atoms with Gasteiger partial charge in [-0.15, -0.1) is 0 Å². The maximum Gasteiger partial charge on any atom is 0.163 e. The lowest BCUT2D eigenvalue weighted by atomic mass is 9.62. The van der Waals surface area contributed by atoms with E-state index in [0.29, 0.717) is 11.3 Å². The van der Waals surface area contributed by atoms with Gasteiger partial charge in [0.1, 0.15) is 17.6 Å². The fraction of sp³-hybridized carbons (Fsp3) is 0.552.